The molecule has 1 aliphatic heterocycles. The number of ether oxygens (including phenoxy) is 4. The van der Waals surface area contributed by atoms with Crippen molar-refractivity contribution in [3.8, 4) is 0 Å². The first-order valence-corrected chi connectivity index (χ1v) is 18.7. The minimum Gasteiger partial charge on any atom is -0.457 e. The number of aliphatic hydroxyl groups is 2. The Morgan fingerprint density at radius 2 is 1.04 bits per heavy atom. The molecule has 12 nitrogen and oxygen atoms in total. The molecule has 2 N–H and O–H groups in total. The first-order valence-electron chi connectivity index (χ1n) is 18.7. The van der Waals surface area contributed by atoms with Gasteiger partial charge in [0.1, 0.15) is 24.7 Å². The average molecular weight is 775 g/mol. The van der Waals surface area contributed by atoms with Crippen LogP contribution in [0, 0.1) is 10.8 Å². The van der Waals surface area contributed by atoms with Gasteiger partial charge in [-0.25, -0.2) is 19.6 Å². The number of methoxy groups -OCH3 is 2. The summed E-state index contributed by atoms with van der Waals surface area (Å²) in [5.41, 5.74) is -1.66. The SMILES string of the molecule is C/C=C/C(O)C(C)(C)[C@@H]1C\C=C/C=C\C=C/[C@H](OC)Cc2nc(co2)C(=O)O[C@H](C(C)(C)C(O)/C=C/C)C/C=C\C=C/C=C[C@H](OC)Cc2nc(co2)C(=O)O1. The van der Waals surface area contributed by atoms with E-state index in [2.05, 4.69) is 9.97 Å². The van der Waals surface area contributed by atoms with Gasteiger partial charge in [-0.05, 0) is 13.8 Å². The predicted molar refractivity (Wildman–Crippen MR) is 214 cm³/mol. The maximum Gasteiger partial charge on any atom is 0.360 e. The van der Waals surface area contributed by atoms with E-state index in [4.69, 9.17) is 27.8 Å². The Balaban J connectivity index is 1.93. The highest BCUT2D eigenvalue weighted by molar-refractivity contribution is 5.87. The van der Waals surface area contributed by atoms with E-state index in [1.807, 2.05) is 114 Å². The van der Waals surface area contributed by atoms with Crippen molar-refractivity contribution in [1.82, 2.24) is 9.97 Å². The standard InChI is InChI=1S/C44H58N2O10/c1-9-21-35(47)43(3,4)37-25-19-15-11-13-17-23-32(52-8)28-40-46-34(30-54-40)42(50)56-38(44(5,6)36(48)22-10-2)26-20-16-12-14-18-24-31(51-7)27-39-45-33(29-53-39)41(49)55-37/h9-24,29-32,35-38,47-48H,25-28H2,1-8H3/b13-11-,14-12-,19-15-,20-16-,21-9+,22-10+,23-17-,24-18?/t31-,32-,35?,36?,37-,38-/m0/s1. The molecule has 0 spiro atoms. The van der Waals surface area contributed by atoms with Gasteiger partial charge >= 0.3 is 11.9 Å². The van der Waals surface area contributed by atoms with Crippen LogP contribution in [-0.2, 0) is 31.8 Å². The summed E-state index contributed by atoms with van der Waals surface area (Å²) in [4.78, 5) is 35.3. The Morgan fingerprint density at radius 1 is 0.661 bits per heavy atom. The normalized spacial score (nSPS) is 25.5. The number of oxazole rings is 2. The van der Waals surface area contributed by atoms with Crippen LogP contribution in [0.4, 0.5) is 0 Å². The fourth-order valence-electron chi connectivity index (χ4n) is 5.62. The van der Waals surface area contributed by atoms with Gasteiger partial charge in [-0.1, -0.05) is 125 Å². The number of cyclic esters (lactones) is 2. The lowest BCUT2D eigenvalue weighted by Crippen LogP contribution is -2.42. The van der Waals surface area contributed by atoms with Crippen molar-refractivity contribution in [2.24, 2.45) is 10.8 Å². The lowest BCUT2D eigenvalue weighted by Gasteiger charge is -2.36. The fourth-order valence-corrected chi connectivity index (χ4v) is 5.62. The highest BCUT2D eigenvalue weighted by atomic mass is 16.6. The van der Waals surface area contributed by atoms with Crippen LogP contribution in [0.1, 0.15) is 87.1 Å². The average Bonchev–Trinajstić information content (AvgIpc) is 3.85. The molecule has 1 aliphatic rings. The molecule has 304 valence electrons. The van der Waals surface area contributed by atoms with Crippen LogP contribution in [0.2, 0.25) is 0 Å². The van der Waals surface area contributed by atoms with Crippen LogP contribution >= 0.6 is 0 Å². The number of hydrogen-bond acceptors (Lipinski definition) is 12. The van der Waals surface area contributed by atoms with Crippen molar-refractivity contribution < 1.29 is 47.6 Å². The summed E-state index contributed by atoms with van der Waals surface area (Å²) < 4.78 is 34.3. The molecule has 6 atom stereocenters. The first-order chi connectivity index (χ1) is 26.8. The number of esters is 2. The minimum atomic E-state index is -0.880. The molecule has 0 saturated carbocycles. The summed E-state index contributed by atoms with van der Waals surface area (Å²) in [7, 11) is 3.12. The molecule has 0 aromatic carbocycles. The summed E-state index contributed by atoms with van der Waals surface area (Å²) in [6.45, 7) is 11.0. The maximum absolute atomic E-state index is 13.3. The Kier molecular flexibility index (Phi) is 18.4. The molecule has 2 aromatic heterocycles. The minimum absolute atomic E-state index is 0.0120. The molecular weight excluding hydrogens is 716 g/mol. The van der Waals surface area contributed by atoms with Crippen molar-refractivity contribution in [2.75, 3.05) is 14.2 Å². The number of aliphatic hydroxyl groups excluding tert-OH is 2. The van der Waals surface area contributed by atoms with Crippen LogP contribution in [0.3, 0.4) is 0 Å². The molecule has 0 aliphatic carbocycles. The van der Waals surface area contributed by atoms with E-state index in [9.17, 15) is 19.8 Å². The van der Waals surface area contributed by atoms with Crippen molar-refractivity contribution in [2.45, 2.75) is 104 Å². The van der Waals surface area contributed by atoms with Crippen LogP contribution < -0.4 is 0 Å². The third-order valence-electron chi connectivity index (χ3n) is 9.60. The summed E-state index contributed by atoms with van der Waals surface area (Å²) in [6, 6.07) is 0. The number of nitrogens with zero attached hydrogens (tertiary/aromatic N) is 2. The second kappa shape index (κ2) is 22.6. The molecule has 0 saturated heterocycles. The van der Waals surface area contributed by atoms with E-state index in [0.29, 0.717) is 24.6 Å². The van der Waals surface area contributed by atoms with Gasteiger partial charge in [0.25, 0.3) is 0 Å². The molecule has 12 heteroatoms. The zero-order valence-corrected chi connectivity index (χ0v) is 33.7. The second-order valence-corrected chi connectivity index (χ2v) is 14.4. The molecule has 0 fully saturated rings. The van der Waals surface area contributed by atoms with Crippen LogP contribution in [-0.4, -0.2) is 83.0 Å². The zero-order chi connectivity index (χ0) is 41.1. The summed E-state index contributed by atoms with van der Waals surface area (Å²) >= 11 is 0. The van der Waals surface area contributed by atoms with Gasteiger partial charge in [0.2, 0.25) is 0 Å². The smallest absolute Gasteiger partial charge is 0.360 e. The fraction of sp³-hybridized carbons (Fsp3) is 0.455. The molecule has 2 aromatic rings. The lowest BCUT2D eigenvalue weighted by molar-refractivity contribution is -0.0461. The summed E-state index contributed by atoms with van der Waals surface area (Å²) in [5, 5.41) is 21.8. The monoisotopic (exact) mass is 774 g/mol. The van der Waals surface area contributed by atoms with Crippen molar-refractivity contribution in [3.63, 3.8) is 0 Å². The second-order valence-electron chi connectivity index (χ2n) is 14.4. The number of fused-ring (bicyclic) bond motifs is 4. The quantitative estimate of drug-likeness (QED) is 0.200. The number of carbonyl (C=O) groups excluding carboxylic acids is 2. The molecule has 2 unspecified atom stereocenters. The number of carbonyl (C=O) groups is 2. The van der Waals surface area contributed by atoms with E-state index < -0.39 is 59.4 Å². The topological polar surface area (TPSA) is 164 Å². The molecule has 3 rings (SSSR count). The first kappa shape index (κ1) is 45.5. The molecular formula is C44H58N2O10. The van der Waals surface area contributed by atoms with Crippen molar-refractivity contribution in [1.29, 1.82) is 0 Å². The van der Waals surface area contributed by atoms with E-state index in [0.717, 1.165) is 0 Å². The molecule has 4 bridgehead atoms. The van der Waals surface area contributed by atoms with Crippen LogP contribution in [0.5, 0.6) is 0 Å². The van der Waals surface area contributed by atoms with Crippen molar-refractivity contribution >= 4 is 11.9 Å². The Hall–Kier alpha value is -4.88. The maximum atomic E-state index is 13.3. The highest BCUT2D eigenvalue weighted by Gasteiger charge is 2.39. The zero-order valence-electron chi connectivity index (χ0n) is 33.7. The Morgan fingerprint density at radius 3 is 1.39 bits per heavy atom. The molecule has 0 amide bonds. The number of allylic oxidation sites excluding steroid dienone is 10. The number of rotatable bonds is 8. The van der Waals surface area contributed by atoms with Gasteiger partial charge in [0.15, 0.2) is 23.2 Å². The van der Waals surface area contributed by atoms with E-state index in [1.165, 1.54) is 12.5 Å². The predicted octanol–water partition coefficient (Wildman–Crippen LogP) is 7.59. The lowest BCUT2D eigenvalue weighted by atomic mass is 9.79. The van der Waals surface area contributed by atoms with E-state index in [-0.39, 0.29) is 24.2 Å². The van der Waals surface area contributed by atoms with Crippen LogP contribution in [0.15, 0.2) is 119 Å². The Labute approximate surface area is 330 Å². The third kappa shape index (κ3) is 13.7. The number of hydrogen-bond donors (Lipinski definition) is 2. The van der Waals surface area contributed by atoms with Gasteiger partial charge in [0, 0.05) is 37.9 Å². The van der Waals surface area contributed by atoms with Gasteiger partial charge in [-0.2, -0.15) is 0 Å². The highest BCUT2D eigenvalue weighted by Crippen LogP contribution is 2.33. The van der Waals surface area contributed by atoms with Gasteiger partial charge in [0.05, 0.1) is 37.3 Å². The number of aromatic nitrogens is 2. The van der Waals surface area contributed by atoms with E-state index in [1.54, 1.807) is 38.5 Å². The molecule has 56 heavy (non-hydrogen) atoms. The summed E-state index contributed by atoms with van der Waals surface area (Å²) in [6.07, 6.45) is 28.4. The van der Waals surface area contributed by atoms with Crippen molar-refractivity contribution in [3.05, 3.63) is 133 Å². The van der Waals surface area contributed by atoms with Gasteiger partial charge in [-0.3, -0.25) is 0 Å². The van der Waals surface area contributed by atoms with E-state index >= 15 is 0 Å². The van der Waals surface area contributed by atoms with Crippen LogP contribution in [0.25, 0.3) is 0 Å². The largest absolute Gasteiger partial charge is 0.457 e. The molecule has 3 heterocycles. The van der Waals surface area contributed by atoms with Gasteiger partial charge in [-0.15, -0.1) is 0 Å². The third-order valence-corrected chi connectivity index (χ3v) is 9.60. The summed E-state index contributed by atoms with van der Waals surface area (Å²) in [5.74, 6) is -0.754. The molecule has 0 radical (unpaired) electrons. The van der Waals surface area contributed by atoms with Gasteiger partial charge < -0.3 is 38.0 Å². The Bertz CT molecular complexity index is 1640.